The van der Waals surface area contributed by atoms with E-state index in [1.54, 1.807) is 7.11 Å². The molecule has 0 saturated heterocycles. The molecule has 2 rings (SSSR count). The van der Waals surface area contributed by atoms with Gasteiger partial charge in [0, 0.05) is 36.0 Å². The second kappa shape index (κ2) is 6.53. The lowest BCUT2D eigenvalue weighted by Gasteiger charge is -2.22. The minimum Gasteiger partial charge on any atom is -0.507 e. The lowest BCUT2D eigenvalue weighted by atomic mass is 10.0. The average molecular weight is 285 g/mol. The first-order chi connectivity index (χ1) is 10.1. The van der Waals surface area contributed by atoms with E-state index in [4.69, 9.17) is 4.74 Å². The van der Waals surface area contributed by atoms with E-state index >= 15 is 0 Å². The van der Waals surface area contributed by atoms with Gasteiger partial charge in [0.05, 0.1) is 7.11 Å². The third kappa shape index (κ3) is 3.13. The summed E-state index contributed by atoms with van der Waals surface area (Å²) >= 11 is 0. The highest BCUT2D eigenvalue weighted by atomic mass is 16.5. The first-order valence-corrected chi connectivity index (χ1v) is 7.33. The Morgan fingerprint density at radius 2 is 1.71 bits per heavy atom. The van der Waals surface area contributed by atoms with Crippen molar-refractivity contribution in [3.63, 3.8) is 0 Å². The average Bonchev–Trinajstić information content (AvgIpc) is 2.48. The predicted octanol–water partition coefficient (Wildman–Crippen LogP) is 4.22. The Morgan fingerprint density at radius 1 is 1.00 bits per heavy atom. The standard InChI is InChI=1S/C18H23NO2/c1-5-19(6-2)14-8-9-15(17(20)12-14)16-11-13(3)7-10-18(16)21-4/h7-12,20H,5-6H2,1-4H3. The van der Waals surface area contributed by atoms with Crippen molar-refractivity contribution < 1.29 is 9.84 Å². The number of anilines is 1. The van der Waals surface area contributed by atoms with Crippen LogP contribution in [0.25, 0.3) is 11.1 Å². The minimum atomic E-state index is 0.281. The predicted molar refractivity (Wildman–Crippen MR) is 88.4 cm³/mol. The van der Waals surface area contributed by atoms with Crippen LogP contribution in [-0.4, -0.2) is 25.3 Å². The number of hydrogen-bond acceptors (Lipinski definition) is 3. The molecule has 2 aromatic rings. The van der Waals surface area contributed by atoms with E-state index in [0.717, 1.165) is 41.2 Å². The van der Waals surface area contributed by atoms with Crippen molar-refractivity contribution in [1.82, 2.24) is 0 Å². The smallest absolute Gasteiger partial charge is 0.126 e. The molecule has 0 aliphatic carbocycles. The molecular formula is C18H23NO2. The number of rotatable bonds is 5. The van der Waals surface area contributed by atoms with Gasteiger partial charge in [0.15, 0.2) is 0 Å². The summed E-state index contributed by atoms with van der Waals surface area (Å²) in [6, 6.07) is 11.8. The number of phenols is 1. The van der Waals surface area contributed by atoms with Crippen LogP contribution in [0.2, 0.25) is 0 Å². The van der Waals surface area contributed by atoms with Crippen molar-refractivity contribution in [2.24, 2.45) is 0 Å². The molecule has 0 atom stereocenters. The molecule has 0 bridgehead atoms. The maximum absolute atomic E-state index is 10.4. The third-order valence-electron chi connectivity index (χ3n) is 3.76. The maximum atomic E-state index is 10.4. The zero-order chi connectivity index (χ0) is 15.4. The van der Waals surface area contributed by atoms with Crippen LogP contribution in [0.4, 0.5) is 5.69 Å². The van der Waals surface area contributed by atoms with Gasteiger partial charge in [-0.25, -0.2) is 0 Å². The molecule has 1 N–H and O–H groups in total. The molecule has 3 nitrogen and oxygen atoms in total. The summed E-state index contributed by atoms with van der Waals surface area (Å²) in [6.07, 6.45) is 0. The van der Waals surface area contributed by atoms with Gasteiger partial charge < -0.3 is 14.7 Å². The van der Waals surface area contributed by atoms with E-state index in [-0.39, 0.29) is 5.75 Å². The molecule has 0 aliphatic rings. The summed E-state index contributed by atoms with van der Waals surface area (Å²) in [5, 5.41) is 10.4. The quantitative estimate of drug-likeness (QED) is 0.892. The lowest BCUT2D eigenvalue weighted by molar-refractivity contribution is 0.415. The van der Waals surface area contributed by atoms with E-state index in [1.807, 2.05) is 43.3 Å². The van der Waals surface area contributed by atoms with Crippen LogP contribution in [0.3, 0.4) is 0 Å². The fraction of sp³-hybridized carbons (Fsp3) is 0.333. The molecule has 0 amide bonds. The number of benzene rings is 2. The van der Waals surface area contributed by atoms with E-state index in [1.165, 1.54) is 0 Å². The monoisotopic (exact) mass is 285 g/mol. The van der Waals surface area contributed by atoms with Gasteiger partial charge in [-0.3, -0.25) is 0 Å². The highest BCUT2D eigenvalue weighted by Crippen LogP contribution is 2.38. The van der Waals surface area contributed by atoms with Crippen LogP contribution in [-0.2, 0) is 0 Å². The largest absolute Gasteiger partial charge is 0.507 e. The van der Waals surface area contributed by atoms with Crippen molar-refractivity contribution in [1.29, 1.82) is 0 Å². The molecule has 2 aromatic carbocycles. The lowest BCUT2D eigenvalue weighted by Crippen LogP contribution is -2.21. The zero-order valence-corrected chi connectivity index (χ0v) is 13.2. The molecule has 3 heteroatoms. The topological polar surface area (TPSA) is 32.7 Å². The fourth-order valence-corrected chi connectivity index (χ4v) is 2.57. The Hall–Kier alpha value is -2.16. The van der Waals surface area contributed by atoms with Crippen molar-refractivity contribution in [2.45, 2.75) is 20.8 Å². The molecule has 0 aliphatic heterocycles. The van der Waals surface area contributed by atoms with E-state index < -0.39 is 0 Å². The molecule has 0 aromatic heterocycles. The third-order valence-corrected chi connectivity index (χ3v) is 3.76. The van der Waals surface area contributed by atoms with E-state index in [2.05, 4.69) is 18.7 Å². The second-order valence-corrected chi connectivity index (χ2v) is 5.08. The fourth-order valence-electron chi connectivity index (χ4n) is 2.57. The summed E-state index contributed by atoms with van der Waals surface area (Å²) in [5.41, 5.74) is 3.89. The first-order valence-electron chi connectivity index (χ1n) is 7.33. The Morgan fingerprint density at radius 3 is 2.29 bits per heavy atom. The maximum Gasteiger partial charge on any atom is 0.126 e. The molecule has 0 fully saturated rings. The number of aryl methyl sites for hydroxylation is 1. The number of aromatic hydroxyl groups is 1. The van der Waals surface area contributed by atoms with Gasteiger partial charge in [0.1, 0.15) is 11.5 Å². The van der Waals surface area contributed by atoms with Crippen LogP contribution in [0.5, 0.6) is 11.5 Å². The van der Waals surface area contributed by atoms with Crippen molar-refractivity contribution >= 4 is 5.69 Å². The highest BCUT2D eigenvalue weighted by Gasteiger charge is 2.12. The van der Waals surface area contributed by atoms with Gasteiger partial charge in [-0.05, 0) is 45.0 Å². The summed E-state index contributed by atoms with van der Waals surface area (Å²) in [4.78, 5) is 2.21. The molecule has 0 spiro atoms. The molecule has 0 unspecified atom stereocenters. The summed E-state index contributed by atoms with van der Waals surface area (Å²) in [6.45, 7) is 8.09. The first kappa shape index (κ1) is 15.2. The highest BCUT2D eigenvalue weighted by molar-refractivity contribution is 5.78. The Kier molecular flexibility index (Phi) is 4.73. The molecule has 21 heavy (non-hydrogen) atoms. The van der Waals surface area contributed by atoms with Crippen LogP contribution in [0, 0.1) is 6.92 Å². The van der Waals surface area contributed by atoms with E-state index in [0.29, 0.717) is 0 Å². The summed E-state index contributed by atoms with van der Waals surface area (Å²) in [7, 11) is 1.65. The molecular weight excluding hydrogens is 262 g/mol. The van der Waals surface area contributed by atoms with Crippen molar-refractivity contribution in [2.75, 3.05) is 25.1 Å². The summed E-state index contributed by atoms with van der Waals surface area (Å²) in [5.74, 6) is 1.05. The van der Waals surface area contributed by atoms with E-state index in [9.17, 15) is 5.11 Å². The van der Waals surface area contributed by atoms with Gasteiger partial charge >= 0.3 is 0 Å². The molecule has 0 saturated carbocycles. The van der Waals surface area contributed by atoms with Gasteiger partial charge in [0.25, 0.3) is 0 Å². The molecule has 112 valence electrons. The van der Waals surface area contributed by atoms with Gasteiger partial charge in [0.2, 0.25) is 0 Å². The number of ether oxygens (including phenoxy) is 1. The second-order valence-electron chi connectivity index (χ2n) is 5.08. The molecule has 0 heterocycles. The van der Waals surface area contributed by atoms with Gasteiger partial charge in [-0.2, -0.15) is 0 Å². The Bertz CT molecular complexity index is 619. The Balaban J connectivity index is 2.49. The number of phenolic OH excluding ortho intramolecular Hbond substituents is 1. The zero-order valence-electron chi connectivity index (χ0n) is 13.2. The number of methoxy groups -OCH3 is 1. The van der Waals surface area contributed by atoms with Crippen molar-refractivity contribution in [3.05, 3.63) is 42.0 Å². The van der Waals surface area contributed by atoms with Crippen LogP contribution >= 0.6 is 0 Å². The van der Waals surface area contributed by atoms with Gasteiger partial charge in [-0.1, -0.05) is 11.6 Å². The minimum absolute atomic E-state index is 0.281. The van der Waals surface area contributed by atoms with Crippen LogP contribution in [0.15, 0.2) is 36.4 Å². The number of hydrogen-bond donors (Lipinski definition) is 1. The SMILES string of the molecule is CCN(CC)c1ccc(-c2cc(C)ccc2OC)c(O)c1. The molecule has 0 radical (unpaired) electrons. The van der Waals surface area contributed by atoms with Crippen LogP contribution in [0.1, 0.15) is 19.4 Å². The van der Waals surface area contributed by atoms with Crippen molar-refractivity contribution in [3.8, 4) is 22.6 Å². The number of nitrogens with zero attached hydrogens (tertiary/aromatic N) is 1. The Labute approximate surface area is 126 Å². The normalized spacial score (nSPS) is 10.5. The van der Waals surface area contributed by atoms with Crippen LogP contribution < -0.4 is 9.64 Å². The summed E-state index contributed by atoms with van der Waals surface area (Å²) < 4.78 is 5.41. The van der Waals surface area contributed by atoms with Gasteiger partial charge in [-0.15, -0.1) is 0 Å².